The maximum absolute atomic E-state index is 2.68. The fraction of sp³-hybridized carbons (Fsp3) is 1.00. The summed E-state index contributed by atoms with van der Waals surface area (Å²) in [6.45, 7) is 12.2. The van der Waals surface area contributed by atoms with Crippen LogP contribution in [0.1, 0.15) is 195 Å². The largest absolute Gasteiger partial charge is 1.00 e. The molecule has 0 saturated carbocycles. The first-order valence-corrected chi connectivity index (χ1v) is 17.0. The third-order valence-electron chi connectivity index (χ3n) is 8.71. The highest BCUT2D eigenvalue weighted by Crippen LogP contribution is 2.26. The summed E-state index contributed by atoms with van der Waals surface area (Å²) in [7, 11) is 2.68. The highest BCUT2D eigenvalue weighted by atomic mass is 79.9. The highest BCUT2D eigenvalue weighted by Gasteiger charge is 2.31. The Kier molecular flexibility index (Phi) is 32.1. The van der Waals surface area contributed by atoms with Gasteiger partial charge >= 0.3 is 0 Å². The smallest absolute Gasteiger partial charge is 0.0888 e. The van der Waals surface area contributed by atoms with E-state index in [9.17, 15) is 0 Å². The molecule has 0 aliphatic carbocycles. The van der Waals surface area contributed by atoms with Gasteiger partial charge < -0.3 is 21.5 Å². The molecule has 0 rings (SSSR count). The van der Waals surface area contributed by atoms with E-state index in [0.717, 1.165) is 6.04 Å². The van der Waals surface area contributed by atoms with Crippen LogP contribution in [0.15, 0.2) is 0 Å². The van der Waals surface area contributed by atoms with E-state index in [2.05, 4.69) is 34.7 Å². The molecular formula is C34H72BrN. The summed E-state index contributed by atoms with van der Waals surface area (Å²) in [5.41, 5.74) is 0. The number of hydrogen-bond donors (Lipinski definition) is 0. The fourth-order valence-corrected chi connectivity index (χ4v) is 6.07. The Labute approximate surface area is 241 Å². The Morgan fingerprint density at radius 3 is 0.917 bits per heavy atom. The molecule has 36 heavy (non-hydrogen) atoms. The van der Waals surface area contributed by atoms with Gasteiger partial charge in [-0.15, -0.1) is 0 Å². The lowest BCUT2D eigenvalue weighted by Crippen LogP contribution is -3.00. The molecule has 0 aliphatic rings. The third-order valence-corrected chi connectivity index (χ3v) is 8.71. The Bertz CT molecular complexity index is 365. The van der Waals surface area contributed by atoms with Gasteiger partial charge in [-0.2, -0.15) is 0 Å². The van der Waals surface area contributed by atoms with Crippen molar-refractivity contribution in [3.05, 3.63) is 0 Å². The van der Waals surface area contributed by atoms with Gasteiger partial charge in [0.05, 0.1) is 26.2 Å². The van der Waals surface area contributed by atoms with Gasteiger partial charge in [-0.3, -0.25) is 0 Å². The molecule has 0 bridgehead atoms. The molecule has 2 heteroatoms. The van der Waals surface area contributed by atoms with Crippen LogP contribution in [-0.2, 0) is 0 Å². The standard InChI is InChI=1S/C34H72N.BrH/c1-6-10-14-18-22-26-30-34(31-27-23-19-15-11-7-2)35(5,32-28-24-20-16-12-8-3)33-29-25-21-17-13-9-4;/h34H,6-33H2,1-5H3;1H/q+1;/p-1. The summed E-state index contributed by atoms with van der Waals surface area (Å²) < 4.78 is 1.39. The number of unbranched alkanes of at least 4 members (excludes halogenated alkanes) is 20. The molecule has 0 atom stereocenters. The summed E-state index contributed by atoms with van der Waals surface area (Å²) in [5, 5.41) is 0. The summed E-state index contributed by atoms with van der Waals surface area (Å²) in [6, 6.07) is 0.915. The molecule has 0 heterocycles. The van der Waals surface area contributed by atoms with Crippen LogP contribution in [0.5, 0.6) is 0 Å². The third kappa shape index (κ3) is 23.5. The minimum absolute atomic E-state index is 0. The molecule has 0 aromatic carbocycles. The van der Waals surface area contributed by atoms with Crippen LogP contribution < -0.4 is 17.0 Å². The van der Waals surface area contributed by atoms with Crippen molar-refractivity contribution in [1.82, 2.24) is 0 Å². The Balaban J connectivity index is 0. The second-order valence-electron chi connectivity index (χ2n) is 12.2. The van der Waals surface area contributed by atoms with Gasteiger partial charge in [-0.1, -0.05) is 143 Å². The number of nitrogens with zero attached hydrogens (tertiary/aromatic N) is 1. The quantitative estimate of drug-likeness (QED) is 0.0618. The van der Waals surface area contributed by atoms with Gasteiger partial charge in [0.1, 0.15) is 0 Å². The molecule has 0 N–H and O–H groups in total. The van der Waals surface area contributed by atoms with E-state index in [-0.39, 0.29) is 17.0 Å². The van der Waals surface area contributed by atoms with Gasteiger partial charge in [-0.05, 0) is 51.4 Å². The minimum Gasteiger partial charge on any atom is -1.00 e. The van der Waals surface area contributed by atoms with E-state index in [1.54, 1.807) is 0 Å². The van der Waals surface area contributed by atoms with Crippen molar-refractivity contribution in [2.45, 2.75) is 201 Å². The summed E-state index contributed by atoms with van der Waals surface area (Å²) in [6.07, 6.45) is 37.6. The molecule has 0 saturated heterocycles. The maximum Gasteiger partial charge on any atom is 0.0888 e. The molecular weight excluding hydrogens is 502 g/mol. The van der Waals surface area contributed by atoms with Crippen molar-refractivity contribution in [3.8, 4) is 0 Å². The SMILES string of the molecule is CCCCCCCCC(CCCCCCCC)[N+](C)(CCCCCCCC)CCCCCCCC.[Br-]. The predicted molar refractivity (Wildman–Crippen MR) is 162 cm³/mol. The van der Waals surface area contributed by atoms with Gasteiger partial charge in [-0.25, -0.2) is 0 Å². The van der Waals surface area contributed by atoms with Crippen molar-refractivity contribution in [3.63, 3.8) is 0 Å². The lowest BCUT2D eigenvalue weighted by Gasteiger charge is -2.43. The molecule has 0 radical (unpaired) electrons. The van der Waals surface area contributed by atoms with Crippen molar-refractivity contribution in [2.24, 2.45) is 0 Å². The van der Waals surface area contributed by atoms with E-state index in [0.29, 0.717) is 0 Å². The normalized spacial score (nSPS) is 11.8. The van der Waals surface area contributed by atoms with Crippen LogP contribution in [0.3, 0.4) is 0 Å². The van der Waals surface area contributed by atoms with E-state index >= 15 is 0 Å². The van der Waals surface area contributed by atoms with Crippen LogP contribution in [0.25, 0.3) is 0 Å². The molecule has 0 fully saturated rings. The van der Waals surface area contributed by atoms with Crippen LogP contribution >= 0.6 is 0 Å². The van der Waals surface area contributed by atoms with Gasteiger partial charge in [0.15, 0.2) is 0 Å². The first kappa shape index (κ1) is 38.6. The summed E-state index contributed by atoms with van der Waals surface area (Å²) >= 11 is 0. The number of halogens is 1. The molecule has 0 spiro atoms. The first-order chi connectivity index (χ1) is 17.1. The maximum atomic E-state index is 2.68. The molecule has 1 nitrogen and oxygen atoms in total. The summed E-state index contributed by atoms with van der Waals surface area (Å²) in [5.74, 6) is 0. The van der Waals surface area contributed by atoms with Crippen LogP contribution in [0, 0.1) is 0 Å². The zero-order valence-electron chi connectivity index (χ0n) is 26.2. The van der Waals surface area contributed by atoms with Gasteiger partial charge in [0.25, 0.3) is 0 Å². The monoisotopic (exact) mass is 573 g/mol. The van der Waals surface area contributed by atoms with E-state index in [4.69, 9.17) is 0 Å². The van der Waals surface area contributed by atoms with Crippen molar-refractivity contribution < 1.29 is 21.5 Å². The number of rotatable bonds is 29. The lowest BCUT2D eigenvalue weighted by atomic mass is 9.95. The highest BCUT2D eigenvalue weighted by molar-refractivity contribution is 4.64. The molecule has 0 aromatic rings. The zero-order valence-corrected chi connectivity index (χ0v) is 27.8. The Morgan fingerprint density at radius 2 is 0.611 bits per heavy atom. The van der Waals surface area contributed by atoms with Crippen molar-refractivity contribution in [1.29, 1.82) is 0 Å². The van der Waals surface area contributed by atoms with Crippen molar-refractivity contribution in [2.75, 3.05) is 20.1 Å². The minimum atomic E-state index is 0. The molecule has 0 amide bonds. The molecule has 220 valence electrons. The van der Waals surface area contributed by atoms with E-state index < -0.39 is 0 Å². The van der Waals surface area contributed by atoms with Gasteiger partial charge in [0, 0.05) is 0 Å². The zero-order chi connectivity index (χ0) is 25.9. The number of quaternary nitrogens is 1. The Morgan fingerprint density at radius 1 is 0.361 bits per heavy atom. The fourth-order valence-electron chi connectivity index (χ4n) is 6.07. The van der Waals surface area contributed by atoms with E-state index in [1.165, 1.54) is 185 Å². The van der Waals surface area contributed by atoms with Crippen molar-refractivity contribution >= 4 is 0 Å². The second-order valence-corrected chi connectivity index (χ2v) is 12.2. The first-order valence-electron chi connectivity index (χ1n) is 17.0. The topological polar surface area (TPSA) is 0 Å². The average Bonchev–Trinajstić information content (AvgIpc) is 2.86. The lowest BCUT2D eigenvalue weighted by molar-refractivity contribution is -0.934. The summed E-state index contributed by atoms with van der Waals surface area (Å²) in [4.78, 5) is 0. The second kappa shape index (κ2) is 30.0. The van der Waals surface area contributed by atoms with E-state index in [1.807, 2.05) is 0 Å². The van der Waals surface area contributed by atoms with Crippen LogP contribution in [0.2, 0.25) is 0 Å². The number of hydrogen-bond acceptors (Lipinski definition) is 0. The Hall–Kier alpha value is 0.440. The van der Waals surface area contributed by atoms with Crippen LogP contribution in [0.4, 0.5) is 0 Å². The molecule has 0 unspecified atom stereocenters. The molecule has 0 aliphatic heterocycles. The van der Waals surface area contributed by atoms with Gasteiger partial charge in [0.2, 0.25) is 0 Å². The predicted octanol–water partition coefficient (Wildman–Crippen LogP) is 9.03. The van der Waals surface area contributed by atoms with Crippen LogP contribution in [-0.4, -0.2) is 30.7 Å². The molecule has 0 aromatic heterocycles. The average molecular weight is 575 g/mol.